The Hall–Kier alpha value is -2.73. The number of carbonyl (C=O) groups excluding carboxylic acids is 2. The minimum Gasteiger partial charge on any atom is -0.476 e. The van der Waals surface area contributed by atoms with Crippen LogP contribution in [0.1, 0.15) is 17.5 Å². The van der Waals surface area contributed by atoms with E-state index in [1.807, 2.05) is 12.1 Å². The summed E-state index contributed by atoms with van der Waals surface area (Å²) in [5.41, 5.74) is 2.19. The number of anilines is 1. The Morgan fingerprint density at radius 2 is 2.00 bits per heavy atom. The number of fused-ring (bicyclic) bond motifs is 1. The molecule has 1 aliphatic rings. The standard InChI is InChI=1S/C19H18ClNO5/c1-24-18(22)16-10-7-13-3-2-4-15(17(13)26-16)21-19(23)25-11-12-5-8-14(20)9-6-12/h2-6,8-9,16H,7,10-11H2,1H3,(H,21,23)/t16-/m0/s1. The van der Waals surface area contributed by atoms with Gasteiger partial charge in [-0.1, -0.05) is 35.9 Å². The van der Waals surface area contributed by atoms with Crippen molar-refractivity contribution in [2.45, 2.75) is 25.6 Å². The number of rotatable bonds is 4. The van der Waals surface area contributed by atoms with E-state index in [9.17, 15) is 9.59 Å². The van der Waals surface area contributed by atoms with E-state index in [0.717, 1.165) is 11.1 Å². The number of benzene rings is 2. The highest BCUT2D eigenvalue weighted by atomic mass is 35.5. The van der Waals surface area contributed by atoms with E-state index in [1.165, 1.54) is 7.11 Å². The van der Waals surface area contributed by atoms with Gasteiger partial charge in [0.2, 0.25) is 0 Å². The zero-order chi connectivity index (χ0) is 18.5. The normalized spacial score (nSPS) is 15.4. The molecule has 0 saturated heterocycles. The molecule has 3 rings (SSSR count). The molecular weight excluding hydrogens is 358 g/mol. The molecule has 1 amide bonds. The molecule has 1 heterocycles. The third kappa shape index (κ3) is 4.26. The molecule has 1 atom stereocenters. The maximum absolute atomic E-state index is 12.1. The highest BCUT2D eigenvalue weighted by molar-refractivity contribution is 6.30. The lowest BCUT2D eigenvalue weighted by atomic mass is 10.0. The number of methoxy groups -OCH3 is 1. The van der Waals surface area contributed by atoms with Gasteiger partial charge >= 0.3 is 12.1 Å². The van der Waals surface area contributed by atoms with Crippen molar-refractivity contribution in [3.8, 4) is 5.75 Å². The lowest BCUT2D eigenvalue weighted by Crippen LogP contribution is -2.32. The van der Waals surface area contributed by atoms with Crippen LogP contribution < -0.4 is 10.1 Å². The summed E-state index contributed by atoms with van der Waals surface area (Å²) in [6, 6.07) is 12.4. The van der Waals surface area contributed by atoms with Crippen LogP contribution in [-0.2, 0) is 27.3 Å². The predicted octanol–water partition coefficient (Wildman–Crippen LogP) is 3.96. The number of ether oxygens (including phenoxy) is 3. The molecule has 0 fully saturated rings. The van der Waals surface area contributed by atoms with Crippen molar-refractivity contribution in [1.82, 2.24) is 0 Å². The van der Waals surface area contributed by atoms with Gasteiger partial charge in [-0.3, -0.25) is 5.32 Å². The minimum atomic E-state index is -0.680. The zero-order valence-corrected chi connectivity index (χ0v) is 14.9. The summed E-state index contributed by atoms with van der Waals surface area (Å²) in [4.78, 5) is 23.8. The molecule has 0 aliphatic carbocycles. The number of nitrogens with one attached hydrogen (secondary N) is 1. The molecule has 136 valence electrons. The Morgan fingerprint density at radius 1 is 1.23 bits per heavy atom. The molecule has 26 heavy (non-hydrogen) atoms. The summed E-state index contributed by atoms with van der Waals surface area (Å²) in [5, 5.41) is 3.28. The van der Waals surface area contributed by atoms with Gasteiger partial charge in [-0.15, -0.1) is 0 Å². The summed E-state index contributed by atoms with van der Waals surface area (Å²) >= 11 is 5.83. The van der Waals surface area contributed by atoms with Crippen molar-refractivity contribution in [3.05, 3.63) is 58.6 Å². The number of hydrogen-bond donors (Lipinski definition) is 1. The van der Waals surface area contributed by atoms with Gasteiger partial charge in [0.15, 0.2) is 6.10 Å². The van der Waals surface area contributed by atoms with E-state index >= 15 is 0 Å². The molecule has 2 aromatic rings. The van der Waals surface area contributed by atoms with Crippen LogP contribution in [0, 0.1) is 0 Å². The van der Waals surface area contributed by atoms with Crippen LogP contribution in [0.25, 0.3) is 0 Å². The topological polar surface area (TPSA) is 73.9 Å². The monoisotopic (exact) mass is 375 g/mol. The summed E-state index contributed by atoms with van der Waals surface area (Å²) in [6.45, 7) is 0.115. The fourth-order valence-electron chi connectivity index (χ4n) is 2.68. The van der Waals surface area contributed by atoms with Gasteiger partial charge in [-0.2, -0.15) is 0 Å². The van der Waals surface area contributed by atoms with E-state index in [0.29, 0.717) is 29.3 Å². The van der Waals surface area contributed by atoms with Crippen molar-refractivity contribution in [2.24, 2.45) is 0 Å². The van der Waals surface area contributed by atoms with Crippen molar-refractivity contribution >= 4 is 29.4 Å². The second-order valence-corrected chi connectivity index (χ2v) is 6.23. The highest BCUT2D eigenvalue weighted by Crippen LogP contribution is 2.35. The zero-order valence-electron chi connectivity index (χ0n) is 14.2. The van der Waals surface area contributed by atoms with E-state index in [1.54, 1.807) is 30.3 Å². The van der Waals surface area contributed by atoms with Gasteiger partial charge < -0.3 is 14.2 Å². The quantitative estimate of drug-likeness (QED) is 0.819. The first-order valence-electron chi connectivity index (χ1n) is 8.11. The van der Waals surface area contributed by atoms with E-state index in [-0.39, 0.29) is 6.61 Å². The van der Waals surface area contributed by atoms with Gasteiger partial charge in [0.1, 0.15) is 12.4 Å². The maximum atomic E-state index is 12.1. The van der Waals surface area contributed by atoms with Crippen LogP contribution in [0.15, 0.2) is 42.5 Å². The Labute approximate surface area is 156 Å². The van der Waals surface area contributed by atoms with E-state index in [4.69, 9.17) is 25.8 Å². The number of aryl methyl sites for hydroxylation is 1. The van der Waals surface area contributed by atoms with Gasteiger partial charge in [-0.25, -0.2) is 9.59 Å². The highest BCUT2D eigenvalue weighted by Gasteiger charge is 2.28. The lowest BCUT2D eigenvalue weighted by molar-refractivity contribution is -0.149. The molecule has 1 aliphatic heterocycles. The SMILES string of the molecule is COC(=O)[C@@H]1CCc2cccc(NC(=O)OCc3ccc(Cl)cc3)c2O1. The third-order valence-corrected chi connectivity index (χ3v) is 4.27. The molecule has 7 heteroatoms. The Kier molecular flexibility index (Phi) is 5.63. The van der Waals surface area contributed by atoms with Crippen molar-refractivity contribution < 1.29 is 23.8 Å². The van der Waals surface area contributed by atoms with Crippen molar-refractivity contribution in [3.63, 3.8) is 0 Å². The summed E-state index contributed by atoms with van der Waals surface area (Å²) in [7, 11) is 1.32. The third-order valence-electron chi connectivity index (χ3n) is 4.02. The molecule has 0 spiro atoms. The minimum absolute atomic E-state index is 0.115. The van der Waals surface area contributed by atoms with Crippen LogP contribution in [0.3, 0.4) is 0 Å². The molecule has 0 bridgehead atoms. The molecule has 0 saturated carbocycles. The second kappa shape index (κ2) is 8.10. The predicted molar refractivity (Wildman–Crippen MR) is 96.5 cm³/mol. The van der Waals surface area contributed by atoms with Gasteiger partial charge in [0.25, 0.3) is 0 Å². The smallest absolute Gasteiger partial charge is 0.412 e. The Balaban J connectivity index is 1.65. The number of amides is 1. The fraction of sp³-hybridized carbons (Fsp3) is 0.263. The van der Waals surface area contributed by atoms with Gasteiger partial charge in [0.05, 0.1) is 12.8 Å². The lowest BCUT2D eigenvalue weighted by Gasteiger charge is -2.26. The molecule has 6 nitrogen and oxygen atoms in total. The summed E-state index contributed by atoms with van der Waals surface area (Å²) < 4.78 is 15.7. The van der Waals surface area contributed by atoms with E-state index in [2.05, 4.69) is 5.32 Å². The van der Waals surface area contributed by atoms with Crippen LogP contribution in [0.4, 0.5) is 10.5 Å². The van der Waals surface area contributed by atoms with Gasteiger partial charge in [-0.05, 0) is 42.2 Å². The second-order valence-electron chi connectivity index (χ2n) is 5.79. The average molecular weight is 376 g/mol. The Morgan fingerprint density at radius 3 is 2.73 bits per heavy atom. The first-order chi connectivity index (χ1) is 12.6. The molecule has 2 aromatic carbocycles. The average Bonchev–Trinajstić information content (AvgIpc) is 2.67. The number of para-hydroxylation sites is 1. The number of halogens is 1. The van der Waals surface area contributed by atoms with Crippen molar-refractivity contribution in [2.75, 3.05) is 12.4 Å². The molecular formula is C19H18ClNO5. The van der Waals surface area contributed by atoms with Crippen LogP contribution in [-0.4, -0.2) is 25.3 Å². The molecule has 0 unspecified atom stereocenters. The molecule has 1 N–H and O–H groups in total. The first-order valence-corrected chi connectivity index (χ1v) is 8.49. The summed E-state index contributed by atoms with van der Waals surface area (Å²) in [6.07, 6.45) is -0.105. The summed E-state index contributed by atoms with van der Waals surface area (Å²) in [5.74, 6) is 0.0355. The van der Waals surface area contributed by atoms with Crippen LogP contribution >= 0.6 is 11.6 Å². The van der Waals surface area contributed by atoms with Gasteiger partial charge in [0, 0.05) is 5.02 Å². The fourth-order valence-corrected chi connectivity index (χ4v) is 2.81. The number of carbonyl (C=O) groups is 2. The number of esters is 1. The van der Waals surface area contributed by atoms with Crippen LogP contribution in [0.2, 0.25) is 5.02 Å². The Bertz CT molecular complexity index is 806. The van der Waals surface area contributed by atoms with E-state index < -0.39 is 18.2 Å². The molecule has 0 radical (unpaired) electrons. The number of hydrogen-bond acceptors (Lipinski definition) is 5. The first kappa shape index (κ1) is 18.1. The largest absolute Gasteiger partial charge is 0.476 e. The van der Waals surface area contributed by atoms with Crippen LogP contribution in [0.5, 0.6) is 5.75 Å². The maximum Gasteiger partial charge on any atom is 0.412 e. The van der Waals surface area contributed by atoms with Crippen molar-refractivity contribution in [1.29, 1.82) is 0 Å². The molecule has 0 aromatic heterocycles.